The fourth-order valence-corrected chi connectivity index (χ4v) is 1.18. The zero-order chi connectivity index (χ0) is 12.4. The molecule has 0 heterocycles. The number of hydrogen-bond donors (Lipinski definition) is 0. The minimum atomic E-state index is -0.319. The summed E-state index contributed by atoms with van der Waals surface area (Å²) in [5.74, 6) is -0.310. The molecular formula is C12H23NO3. The molecular weight excluding hydrogens is 206 g/mol. The van der Waals surface area contributed by atoms with Crippen molar-refractivity contribution >= 4 is 11.9 Å². The van der Waals surface area contributed by atoms with Gasteiger partial charge in [-0.1, -0.05) is 26.7 Å². The third-order valence-electron chi connectivity index (χ3n) is 2.30. The lowest BCUT2D eigenvalue weighted by Crippen LogP contribution is -2.32. The number of carbonyl (C=O) groups excluding carboxylic acids is 2. The van der Waals surface area contributed by atoms with E-state index >= 15 is 0 Å². The van der Waals surface area contributed by atoms with Crippen LogP contribution in [0.1, 0.15) is 46.0 Å². The fraction of sp³-hybridized carbons (Fsp3) is 0.833. The van der Waals surface area contributed by atoms with Gasteiger partial charge in [0.25, 0.3) is 0 Å². The predicted molar refractivity (Wildman–Crippen MR) is 63.0 cm³/mol. The van der Waals surface area contributed by atoms with Crippen molar-refractivity contribution in [3.63, 3.8) is 0 Å². The molecule has 0 spiro atoms. The van der Waals surface area contributed by atoms with E-state index in [1.165, 1.54) is 4.90 Å². The van der Waals surface area contributed by atoms with E-state index in [-0.39, 0.29) is 18.4 Å². The van der Waals surface area contributed by atoms with Crippen molar-refractivity contribution < 1.29 is 14.3 Å². The van der Waals surface area contributed by atoms with Crippen molar-refractivity contribution in [3.8, 4) is 0 Å². The lowest BCUT2D eigenvalue weighted by molar-refractivity contribution is -0.148. The molecule has 0 atom stereocenters. The third-order valence-corrected chi connectivity index (χ3v) is 2.30. The standard InChI is InChI=1S/C12H23NO3/c1-4-6-8-11(14)13(3)10-12(15)16-9-7-5-2/h4-10H2,1-3H3. The van der Waals surface area contributed by atoms with E-state index in [9.17, 15) is 9.59 Å². The van der Waals surface area contributed by atoms with Crippen LogP contribution in [-0.2, 0) is 14.3 Å². The molecule has 0 rings (SSSR count). The van der Waals surface area contributed by atoms with Gasteiger partial charge in [0.1, 0.15) is 6.54 Å². The fourth-order valence-electron chi connectivity index (χ4n) is 1.18. The zero-order valence-electron chi connectivity index (χ0n) is 10.6. The number of rotatable bonds is 8. The van der Waals surface area contributed by atoms with E-state index in [0.717, 1.165) is 25.7 Å². The monoisotopic (exact) mass is 229 g/mol. The molecule has 0 aromatic carbocycles. The van der Waals surface area contributed by atoms with Crippen LogP contribution in [0.15, 0.2) is 0 Å². The summed E-state index contributed by atoms with van der Waals surface area (Å²) >= 11 is 0. The Morgan fingerprint density at radius 1 is 1.12 bits per heavy atom. The first kappa shape index (κ1) is 14.9. The van der Waals surface area contributed by atoms with Gasteiger partial charge in [-0.25, -0.2) is 0 Å². The molecule has 0 N–H and O–H groups in total. The van der Waals surface area contributed by atoms with E-state index in [1.54, 1.807) is 7.05 Å². The van der Waals surface area contributed by atoms with Crippen molar-refractivity contribution in [1.29, 1.82) is 0 Å². The highest BCUT2D eigenvalue weighted by Crippen LogP contribution is 1.99. The maximum Gasteiger partial charge on any atom is 0.325 e. The highest BCUT2D eigenvalue weighted by atomic mass is 16.5. The second-order valence-corrected chi connectivity index (χ2v) is 3.93. The van der Waals surface area contributed by atoms with Crippen LogP contribution in [0.25, 0.3) is 0 Å². The molecule has 0 radical (unpaired) electrons. The summed E-state index contributed by atoms with van der Waals surface area (Å²) in [6.45, 7) is 4.58. The van der Waals surface area contributed by atoms with Gasteiger partial charge in [0, 0.05) is 13.5 Å². The van der Waals surface area contributed by atoms with Crippen molar-refractivity contribution in [2.24, 2.45) is 0 Å². The van der Waals surface area contributed by atoms with Gasteiger partial charge < -0.3 is 9.64 Å². The Bertz CT molecular complexity index is 216. The number of unbranched alkanes of at least 4 members (excludes halogenated alkanes) is 2. The van der Waals surface area contributed by atoms with Gasteiger partial charge in [0.05, 0.1) is 6.61 Å². The average molecular weight is 229 g/mol. The minimum absolute atomic E-state index is 0.00860. The molecule has 1 amide bonds. The van der Waals surface area contributed by atoms with E-state index in [2.05, 4.69) is 0 Å². The van der Waals surface area contributed by atoms with E-state index in [1.807, 2.05) is 13.8 Å². The summed E-state index contributed by atoms with van der Waals surface area (Å²) in [5.41, 5.74) is 0. The van der Waals surface area contributed by atoms with E-state index in [0.29, 0.717) is 13.0 Å². The normalized spacial score (nSPS) is 9.94. The molecule has 0 aromatic rings. The SMILES string of the molecule is CCCCOC(=O)CN(C)C(=O)CCCC. The molecule has 4 heteroatoms. The largest absolute Gasteiger partial charge is 0.464 e. The Labute approximate surface area is 98.0 Å². The van der Waals surface area contributed by atoms with Crippen LogP contribution < -0.4 is 0 Å². The number of esters is 1. The maximum absolute atomic E-state index is 11.5. The quantitative estimate of drug-likeness (QED) is 0.472. The molecule has 0 bridgehead atoms. The van der Waals surface area contributed by atoms with Crippen molar-refractivity contribution in [3.05, 3.63) is 0 Å². The average Bonchev–Trinajstić information content (AvgIpc) is 2.26. The summed E-state index contributed by atoms with van der Waals surface area (Å²) in [6.07, 6.45) is 4.24. The third kappa shape index (κ3) is 7.26. The first-order chi connectivity index (χ1) is 7.61. The molecule has 0 aliphatic carbocycles. The van der Waals surface area contributed by atoms with Gasteiger partial charge in [-0.3, -0.25) is 9.59 Å². The summed E-state index contributed by atoms with van der Waals surface area (Å²) in [7, 11) is 1.64. The second-order valence-electron chi connectivity index (χ2n) is 3.93. The topological polar surface area (TPSA) is 46.6 Å². The zero-order valence-corrected chi connectivity index (χ0v) is 10.6. The Kier molecular flexibility index (Phi) is 8.58. The molecule has 0 saturated carbocycles. The predicted octanol–water partition coefficient (Wildman–Crippen LogP) is 1.98. The molecule has 0 unspecified atom stereocenters. The lowest BCUT2D eigenvalue weighted by Gasteiger charge is -2.15. The smallest absolute Gasteiger partial charge is 0.325 e. The summed E-state index contributed by atoms with van der Waals surface area (Å²) in [6, 6.07) is 0. The molecule has 0 fully saturated rings. The van der Waals surface area contributed by atoms with Gasteiger partial charge in [0.15, 0.2) is 0 Å². The summed E-state index contributed by atoms with van der Waals surface area (Å²) in [5, 5.41) is 0. The van der Waals surface area contributed by atoms with Crippen LogP contribution >= 0.6 is 0 Å². The van der Waals surface area contributed by atoms with Crippen molar-refractivity contribution in [1.82, 2.24) is 4.90 Å². The Balaban J connectivity index is 3.71. The van der Waals surface area contributed by atoms with Crippen LogP contribution in [0.4, 0.5) is 0 Å². The Hall–Kier alpha value is -1.06. The van der Waals surface area contributed by atoms with Crippen LogP contribution in [0.5, 0.6) is 0 Å². The molecule has 94 valence electrons. The van der Waals surface area contributed by atoms with Crippen LogP contribution in [-0.4, -0.2) is 37.0 Å². The Morgan fingerprint density at radius 3 is 2.31 bits per heavy atom. The summed E-state index contributed by atoms with van der Waals surface area (Å²) in [4.78, 5) is 24.2. The number of carbonyl (C=O) groups is 2. The molecule has 16 heavy (non-hydrogen) atoms. The Morgan fingerprint density at radius 2 is 1.75 bits per heavy atom. The molecule has 0 aliphatic heterocycles. The molecule has 0 aliphatic rings. The highest BCUT2D eigenvalue weighted by molar-refractivity contribution is 5.81. The first-order valence-electron chi connectivity index (χ1n) is 6.01. The van der Waals surface area contributed by atoms with Crippen molar-refractivity contribution in [2.45, 2.75) is 46.0 Å². The number of hydrogen-bond acceptors (Lipinski definition) is 3. The van der Waals surface area contributed by atoms with Crippen LogP contribution in [0, 0.1) is 0 Å². The molecule has 0 saturated heterocycles. The minimum Gasteiger partial charge on any atom is -0.464 e. The van der Waals surface area contributed by atoms with Gasteiger partial charge in [-0.15, -0.1) is 0 Å². The maximum atomic E-state index is 11.5. The van der Waals surface area contributed by atoms with Gasteiger partial charge in [-0.2, -0.15) is 0 Å². The van der Waals surface area contributed by atoms with Crippen LogP contribution in [0.3, 0.4) is 0 Å². The second kappa shape index (κ2) is 9.19. The van der Waals surface area contributed by atoms with Crippen molar-refractivity contribution in [2.75, 3.05) is 20.2 Å². The number of likely N-dealkylation sites (N-methyl/N-ethyl adjacent to an activating group) is 1. The number of ether oxygens (including phenoxy) is 1. The van der Waals surface area contributed by atoms with Crippen LogP contribution in [0.2, 0.25) is 0 Å². The van der Waals surface area contributed by atoms with Gasteiger partial charge in [-0.05, 0) is 12.8 Å². The molecule has 0 aromatic heterocycles. The number of amides is 1. The highest BCUT2D eigenvalue weighted by Gasteiger charge is 2.12. The lowest BCUT2D eigenvalue weighted by atomic mass is 10.2. The van der Waals surface area contributed by atoms with Gasteiger partial charge >= 0.3 is 5.97 Å². The molecule has 4 nitrogen and oxygen atoms in total. The van der Waals surface area contributed by atoms with Gasteiger partial charge in [0.2, 0.25) is 5.91 Å². The number of nitrogens with zero attached hydrogens (tertiary/aromatic N) is 1. The van der Waals surface area contributed by atoms with E-state index in [4.69, 9.17) is 4.74 Å². The first-order valence-corrected chi connectivity index (χ1v) is 6.01. The van der Waals surface area contributed by atoms with E-state index < -0.39 is 0 Å². The summed E-state index contributed by atoms with van der Waals surface area (Å²) < 4.78 is 4.97.